The third kappa shape index (κ3) is 6.56. The molecular formula is C15H16O7. The van der Waals surface area contributed by atoms with E-state index in [1.165, 1.54) is 19.2 Å². The molecule has 1 aromatic rings. The maximum Gasteiger partial charge on any atom is 0.331 e. The minimum absolute atomic E-state index is 0.000216. The minimum Gasteiger partial charge on any atom is -0.504 e. The van der Waals surface area contributed by atoms with Crippen molar-refractivity contribution in [2.45, 2.75) is 12.8 Å². The van der Waals surface area contributed by atoms with Gasteiger partial charge in [0.25, 0.3) is 0 Å². The van der Waals surface area contributed by atoms with Crippen LogP contribution >= 0.6 is 0 Å². The van der Waals surface area contributed by atoms with Gasteiger partial charge in [0.1, 0.15) is 0 Å². The van der Waals surface area contributed by atoms with Crippen LogP contribution in [0.1, 0.15) is 12.8 Å². The second-order valence-electron chi connectivity index (χ2n) is 4.07. The van der Waals surface area contributed by atoms with Crippen molar-refractivity contribution in [3.63, 3.8) is 0 Å². The molecule has 7 nitrogen and oxygen atoms in total. The van der Waals surface area contributed by atoms with E-state index < -0.39 is 17.9 Å². The van der Waals surface area contributed by atoms with E-state index in [0.717, 1.165) is 12.2 Å². The summed E-state index contributed by atoms with van der Waals surface area (Å²) in [5.74, 6) is -1.98. The molecular weight excluding hydrogens is 292 g/mol. The van der Waals surface area contributed by atoms with E-state index in [9.17, 15) is 19.5 Å². The van der Waals surface area contributed by atoms with Crippen LogP contribution in [0.15, 0.2) is 36.4 Å². The molecule has 0 aliphatic heterocycles. The van der Waals surface area contributed by atoms with Crippen LogP contribution in [-0.4, -0.2) is 36.7 Å². The molecule has 0 aliphatic rings. The summed E-state index contributed by atoms with van der Waals surface area (Å²) in [6.07, 6.45) is 2.15. The Hall–Kier alpha value is -2.83. The summed E-state index contributed by atoms with van der Waals surface area (Å²) in [7, 11) is 1.19. The number of rotatable bonds is 7. The van der Waals surface area contributed by atoms with Crippen LogP contribution in [0.25, 0.3) is 0 Å². The number of methoxy groups -OCH3 is 1. The third-order valence-electron chi connectivity index (χ3n) is 2.42. The van der Waals surface area contributed by atoms with Gasteiger partial charge in [0.05, 0.1) is 13.7 Å². The quantitative estimate of drug-likeness (QED) is 0.351. The lowest BCUT2D eigenvalue weighted by atomic mass is 10.3. The first kappa shape index (κ1) is 17.2. The molecule has 0 aliphatic carbocycles. The van der Waals surface area contributed by atoms with Gasteiger partial charge in [-0.15, -0.1) is 0 Å². The fraction of sp³-hybridized carbons (Fsp3) is 0.267. The smallest absolute Gasteiger partial charge is 0.331 e. The maximum atomic E-state index is 11.5. The van der Waals surface area contributed by atoms with Crippen molar-refractivity contribution in [3.8, 4) is 11.5 Å². The van der Waals surface area contributed by atoms with Gasteiger partial charge in [0.2, 0.25) is 0 Å². The molecule has 0 aromatic heterocycles. The Bertz CT molecular complexity index is 563. The van der Waals surface area contributed by atoms with E-state index in [2.05, 4.69) is 4.74 Å². The summed E-state index contributed by atoms with van der Waals surface area (Å²) in [6.45, 7) is 0.000216. The van der Waals surface area contributed by atoms with Crippen LogP contribution < -0.4 is 4.74 Å². The topological polar surface area (TPSA) is 99.1 Å². The highest BCUT2D eigenvalue weighted by atomic mass is 16.5. The van der Waals surface area contributed by atoms with E-state index in [-0.39, 0.29) is 30.9 Å². The van der Waals surface area contributed by atoms with Crippen LogP contribution in [0, 0.1) is 0 Å². The number of ether oxygens (including phenoxy) is 3. The van der Waals surface area contributed by atoms with Crippen molar-refractivity contribution in [1.82, 2.24) is 0 Å². The fourth-order valence-electron chi connectivity index (χ4n) is 1.36. The van der Waals surface area contributed by atoms with Gasteiger partial charge < -0.3 is 19.3 Å². The van der Waals surface area contributed by atoms with Gasteiger partial charge in [-0.2, -0.15) is 0 Å². The number of esters is 3. The molecule has 0 spiro atoms. The molecule has 22 heavy (non-hydrogen) atoms. The van der Waals surface area contributed by atoms with E-state index in [0.29, 0.717) is 0 Å². The van der Waals surface area contributed by atoms with E-state index >= 15 is 0 Å². The molecule has 1 rings (SSSR count). The lowest BCUT2D eigenvalue weighted by Crippen LogP contribution is -2.10. The van der Waals surface area contributed by atoms with E-state index in [4.69, 9.17) is 9.47 Å². The highest BCUT2D eigenvalue weighted by Crippen LogP contribution is 2.24. The first-order valence-corrected chi connectivity index (χ1v) is 6.44. The number of hydrogen-bond acceptors (Lipinski definition) is 7. The summed E-state index contributed by atoms with van der Waals surface area (Å²) in [6, 6.07) is 6.09. The number of carbonyl (C=O) groups excluding carboxylic acids is 3. The average Bonchev–Trinajstić information content (AvgIpc) is 2.51. The zero-order chi connectivity index (χ0) is 16.4. The molecule has 1 aromatic carbocycles. The van der Waals surface area contributed by atoms with Crippen molar-refractivity contribution in [2.24, 2.45) is 0 Å². The van der Waals surface area contributed by atoms with Gasteiger partial charge in [-0.05, 0) is 18.6 Å². The van der Waals surface area contributed by atoms with Crippen molar-refractivity contribution in [1.29, 1.82) is 0 Å². The lowest BCUT2D eigenvalue weighted by molar-refractivity contribution is -0.140. The summed E-state index contributed by atoms with van der Waals surface area (Å²) >= 11 is 0. The van der Waals surface area contributed by atoms with E-state index in [1.54, 1.807) is 12.1 Å². The number of benzene rings is 1. The Balaban J connectivity index is 2.23. The average molecular weight is 308 g/mol. The summed E-state index contributed by atoms with van der Waals surface area (Å²) < 4.78 is 14.0. The highest BCUT2D eigenvalue weighted by molar-refractivity contribution is 5.91. The van der Waals surface area contributed by atoms with Crippen LogP contribution in [0.4, 0.5) is 0 Å². The molecule has 0 unspecified atom stereocenters. The minimum atomic E-state index is -0.709. The SMILES string of the molecule is COC(=O)/C=C/C(=O)OCCCC(=O)Oc1ccccc1O. The third-order valence-corrected chi connectivity index (χ3v) is 2.42. The number of aromatic hydroxyl groups is 1. The fourth-order valence-corrected chi connectivity index (χ4v) is 1.36. The maximum absolute atomic E-state index is 11.5. The van der Waals surface area contributed by atoms with Gasteiger partial charge in [0, 0.05) is 18.6 Å². The largest absolute Gasteiger partial charge is 0.504 e. The Morgan fingerprint density at radius 3 is 2.50 bits per heavy atom. The first-order chi connectivity index (χ1) is 10.5. The molecule has 0 heterocycles. The van der Waals surface area contributed by atoms with Gasteiger partial charge in [0.15, 0.2) is 11.5 Å². The van der Waals surface area contributed by atoms with Crippen molar-refractivity contribution in [3.05, 3.63) is 36.4 Å². The number of hydrogen-bond donors (Lipinski definition) is 1. The highest BCUT2D eigenvalue weighted by Gasteiger charge is 2.08. The standard InChI is InChI=1S/C15H16O7/c1-20-13(17)8-9-14(18)21-10-4-7-15(19)22-12-6-3-2-5-11(12)16/h2-3,5-6,8-9,16H,4,7,10H2,1H3/b9-8+. The van der Waals surface area contributed by atoms with Crippen LogP contribution in [-0.2, 0) is 23.9 Å². The van der Waals surface area contributed by atoms with Crippen LogP contribution in [0.5, 0.6) is 11.5 Å². The zero-order valence-electron chi connectivity index (χ0n) is 12.0. The molecule has 0 fully saturated rings. The molecule has 0 radical (unpaired) electrons. The summed E-state index contributed by atoms with van der Waals surface area (Å²) in [5, 5.41) is 9.44. The molecule has 0 bridgehead atoms. The normalized spacial score (nSPS) is 10.2. The predicted molar refractivity (Wildman–Crippen MR) is 75.1 cm³/mol. The first-order valence-electron chi connectivity index (χ1n) is 6.44. The Morgan fingerprint density at radius 2 is 1.82 bits per heavy atom. The molecule has 1 N–H and O–H groups in total. The second-order valence-corrected chi connectivity index (χ2v) is 4.07. The monoisotopic (exact) mass is 308 g/mol. The molecule has 0 amide bonds. The van der Waals surface area contributed by atoms with Crippen molar-refractivity contribution < 1.29 is 33.7 Å². The lowest BCUT2D eigenvalue weighted by Gasteiger charge is -2.06. The van der Waals surface area contributed by atoms with Gasteiger partial charge in [-0.1, -0.05) is 12.1 Å². The van der Waals surface area contributed by atoms with Crippen LogP contribution in [0.2, 0.25) is 0 Å². The zero-order valence-corrected chi connectivity index (χ0v) is 12.0. The number of phenols is 1. The Morgan fingerprint density at radius 1 is 1.14 bits per heavy atom. The second kappa shape index (κ2) is 9.17. The van der Waals surface area contributed by atoms with Gasteiger partial charge in [-0.25, -0.2) is 9.59 Å². The number of phenolic OH excluding ortho intramolecular Hbond substituents is 1. The Labute approximate surface area is 127 Å². The molecule has 0 saturated heterocycles. The molecule has 7 heteroatoms. The number of para-hydroxylation sites is 2. The van der Waals surface area contributed by atoms with Crippen molar-refractivity contribution >= 4 is 17.9 Å². The summed E-state index contributed by atoms with van der Waals surface area (Å²) in [5.41, 5.74) is 0. The Kier molecular flexibility index (Phi) is 7.18. The van der Waals surface area contributed by atoms with Crippen LogP contribution in [0.3, 0.4) is 0 Å². The molecule has 0 saturated carbocycles. The van der Waals surface area contributed by atoms with Crippen molar-refractivity contribution in [2.75, 3.05) is 13.7 Å². The van der Waals surface area contributed by atoms with Gasteiger partial charge in [-0.3, -0.25) is 4.79 Å². The van der Waals surface area contributed by atoms with Gasteiger partial charge >= 0.3 is 17.9 Å². The van der Waals surface area contributed by atoms with E-state index in [1.807, 2.05) is 0 Å². The molecule has 0 atom stereocenters. The summed E-state index contributed by atoms with van der Waals surface area (Å²) in [4.78, 5) is 33.4. The number of carbonyl (C=O) groups is 3. The molecule has 118 valence electrons. The predicted octanol–water partition coefficient (Wildman–Crippen LogP) is 1.35.